The summed E-state index contributed by atoms with van der Waals surface area (Å²) in [5.41, 5.74) is 0.315. The van der Waals surface area contributed by atoms with Crippen molar-refractivity contribution in [2.24, 2.45) is 5.92 Å². The van der Waals surface area contributed by atoms with Crippen LogP contribution in [0.4, 0.5) is 0 Å². The monoisotopic (exact) mass is 475 g/mol. The van der Waals surface area contributed by atoms with Crippen molar-refractivity contribution in [2.75, 3.05) is 39.5 Å². The molecule has 2 heterocycles. The number of aromatic hydroxyl groups is 1. The highest BCUT2D eigenvalue weighted by Crippen LogP contribution is 2.31. The predicted molar refractivity (Wildman–Crippen MR) is 125 cm³/mol. The second kappa shape index (κ2) is 12.1. The number of phenolic OH excluding ortho intramolecular Hbond substituents is 1. The number of aliphatic hydroxyl groups is 2. The van der Waals surface area contributed by atoms with Crippen molar-refractivity contribution in [3.63, 3.8) is 0 Å². The molecule has 34 heavy (non-hydrogen) atoms. The topological polar surface area (TPSA) is 126 Å². The SMILES string of the molecule is C[C@@H]1/C=C\C(=O)[C@@H](O)[C@@H](O)C/C=C/c2cc(OCCN3CCOCC3)cc(O)c2C(=O)O[C@H]1C. The van der Waals surface area contributed by atoms with Crippen LogP contribution in [-0.4, -0.2) is 89.7 Å². The quantitative estimate of drug-likeness (QED) is 0.556. The standard InChI is InChI=1S/C25H33NO8/c1-16-6-7-21(28)24(30)20(27)5-3-4-18-14-19(33-13-10-26-8-11-32-12-9-26)15-22(29)23(18)25(31)34-17(16)2/h3-4,6-7,14-17,20,24,27,29-30H,5,8-13H2,1-2H3/b4-3+,7-6-/t16-,17+,20+,24+/m1/s1. The lowest BCUT2D eigenvalue weighted by Gasteiger charge is -2.26. The number of phenols is 1. The Kier molecular flexibility index (Phi) is 9.23. The molecule has 3 N–H and O–H groups in total. The predicted octanol–water partition coefficient (Wildman–Crippen LogP) is 1.55. The molecule has 1 aromatic carbocycles. The van der Waals surface area contributed by atoms with E-state index in [1.807, 2.05) is 0 Å². The number of cyclic esters (lactones) is 1. The number of nitrogens with zero attached hydrogens (tertiary/aromatic N) is 1. The third-order valence-corrected chi connectivity index (χ3v) is 6.03. The molecule has 0 spiro atoms. The summed E-state index contributed by atoms with van der Waals surface area (Å²) >= 11 is 0. The number of ketones is 1. The lowest BCUT2D eigenvalue weighted by molar-refractivity contribution is -0.127. The number of hydrogen-bond acceptors (Lipinski definition) is 9. The molecule has 0 bridgehead atoms. The molecule has 186 valence electrons. The molecule has 2 aliphatic heterocycles. The molecule has 9 heteroatoms. The number of benzene rings is 1. The zero-order chi connectivity index (χ0) is 24.7. The normalized spacial score (nSPS) is 28.9. The maximum absolute atomic E-state index is 12.9. The lowest BCUT2D eigenvalue weighted by Crippen LogP contribution is -2.38. The van der Waals surface area contributed by atoms with Gasteiger partial charge in [-0.15, -0.1) is 0 Å². The molecule has 9 nitrogen and oxygen atoms in total. The molecule has 2 aliphatic rings. The summed E-state index contributed by atoms with van der Waals surface area (Å²) in [7, 11) is 0. The van der Waals surface area contributed by atoms with Gasteiger partial charge in [-0.25, -0.2) is 4.79 Å². The second-order valence-electron chi connectivity index (χ2n) is 8.59. The first-order valence-corrected chi connectivity index (χ1v) is 11.5. The number of aliphatic hydroxyl groups excluding tert-OH is 2. The molecule has 0 aromatic heterocycles. The van der Waals surface area contributed by atoms with E-state index in [1.165, 1.54) is 30.4 Å². The van der Waals surface area contributed by atoms with Gasteiger partial charge in [0.2, 0.25) is 0 Å². The van der Waals surface area contributed by atoms with Crippen molar-refractivity contribution < 1.29 is 39.1 Å². The second-order valence-corrected chi connectivity index (χ2v) is 8.59. The van der Waals surface area contributed by atoms with E-state index in [0.717, 1.165) is 13.1 Å². The first-order valence-electron chi connectivity index (χ1n) is 11.5. The Labute approximate surface area is 199 Å². The van der Waals surface area contributed by atoms with Gasteiger partial charge in [-0.2, -0.15) is 0 Å². The van der Waals surface area contributed by atoms with Crippen LogP contribution < -0.4 is 4.74 Å². The third-order valence-electron chi connectivity index (χ3n) is 6.03. The molecule has 3 rings (SSSR count). The molecule has 0 saturated carbocycles. The van der Waals surface area contributed by atoms with Gasteiger partial charge < -0.3 is 29.5 Å². The third kappa shape index (κ3) is 6.89. The lowest BCUT2D eigenvalue weighted by atomic mass is 9.99. The zero-order valence-corrected chi connectivity index (χ0v) is 19.6. The van der Waals surface area contributed by atoms with E-state index >= 15 is 0 Å². The summed E-state index contributed by atoms with van der Waals surface area (Å²) in [6.45, 7) is 7.54. The number of rotatable bonds is 4. The maximum atomic E-state index is 12.9. The van der Waals surface area contributed by atoms with Gasteiger partial charge in [-0.05, 0) is 31.1 Å². The van der Waals surface area contributed by atoms with Crippen LogP contribution in [0.15, 0.2) is 30.4 Å². The molecule has 0 radical (unpaired) electrons. The molecule has 0 aliphatic carbocycles. The first-order chi connectivity index (χ1) is 16.3. The number of ether oxygens (including phenoxy) is 3. The Morgan fingerprint density at radius 2 is 1.85 bits per heavy atom. The van der Waals surface area contributed by atoms with Crippen LogP contribution >= 0.6 is 0 Å². The van der Waals surface area contributed by atoms with Crippen molar-refractivity contribution in [3.8, 4) is 11.5 Å². The molecule has 4 atom stereocenters. The van der Waals surface area contributed by atoms with Crippen molar-refractivity contribution in [2.45, 2.75) is 38.6 Å². The van der Waals surface area contributed by atoms with Gasteiger partial charge in [0, 0.05) is 31.6 Å². The van der Waals surface area contributed by atoms with E-state index in [9.17, 15) is 24.9 Å². The summed E-state index contributed by atoms with van der Waals surface area (Å²) in [6.07, 6.45) is 2.21. The van der Waals surface area contributed by atoms with Gasteiger partial charge in [0.05, 0.1) is 19.3 Å². The Balaban J connectivity index is 1.84. The smallest absolute Gasteiger partial charge is 0.342 e. The van der Waals surface area contributed by atoms with E-state index < -0.39 is 30.1 Å². The Morgan fingerprint density at radius 1 is 1.12 bits per heavy atom. The van der Waals surface area contributed by atoms with Crippen LogP contribution in [0, 0.1) is 5.92 Å². The Hall–Kier alpha value is -2.72. The summed E-state index contributed by atoms with van der Waals surface area (Å²) in [6, 6.07) is 2.99. The van der Waals surface area contributed by atoms with E-state index in [2.05, 4.69) is 4.90 Å². The summed E-state index contributed by atoms with van der Waals surface area (Å²) in [4.78, 5) is 27.2. The van der Waals surface area contributed by atoms with Crippen molar-refractivity contribution in [1.29, 1.82) is 0 Å². The molecule has 1 saturated heterocycles. The highest BCUT2D eigenvalue weighted by Gasteiger charge is 2.25. The fraction of sp³-hybridized carbons (Fsp3) is 0.520. The maximum Gasteiger partial charge on any atom is 0.342 e. The van der Waals surface area contributed by atoms with E-state index in [0.29, 0.717) is 37.7 Å². The fourth-order valence-corrected chi connectivity index (χ4v) is 3.67. The highest BCUT2D eigenvalue weighted by molar-refractivity contribution is 5.97. The zero-order valence-electron chi connectivity index (χ0n) is 19.6. The number of hydrogen-bond donors (Lipinski definition) is 3. The van der Waals surface area contributed by atoms with Crippen molar-refractivity contribution in [3.05, 3.63) is 41.5 Å². The van der Waals surface area contributed by atoms with Gasteiger partial charge >= 0.3 is 5.97 Å². The minimum absolute atomic E-state index is 0.0250. The van der Waals surface area contributed by atoms with E-state index in [-0.39, 0.29) is 23.7 Å². The van der Waals surface area contributed by atoms with Gasteiger partial charge in [0.15, 0.2) is 5.78 Å². The van der Waals surface area contributed by atoms with Crippen LogP contribution in [0.3, 0.4) is 0 Å². The van der Waals surface area contributed by atoms with Crippen molar-refractivity contribution >= 4 is 17.8 Å². The minimum atomic E-state index is -1.57. The largest absolute Gasteiger partial charge is 0.507 e. The summed E-state index contributed by atoms with van der Waals surface area (Å²) < 4.78 is 16.7. The first kappa shape index (κ1) is 25.9. The van der Waals surface area contributed by atoms with Gasteiger partial charge in [-0.3, -0.25) is 9.69 Å². The van der Waals surface area contributed by atoms with Crippen LogP contribution in [0.25, 0.3) is 6.08 Å². The number of morpholine rings is 1. The van der Waals surface area contributed by atoms with Crippen LogP contribution in [0.1, 0.15) is 36.2 Å². The van der Waals surface area contributed by atoms with Crippen LogP contribution in [-0.2, 0) is 14.3 Å². The van der Waals surface area contributed by atoms with Gasteiger partial charge in [0.25, 0.3) is 0 Å². The molecule has 1 fully saturated rings. The van der Waals surface area contributed by atoms with Crippen LogP contribution in [0.5, 0.6) is 11.5 Å². The molecular formula is C25H33NO8. The fourth-order valence-electron chi connectivity index (χ4n) is 3.67. The van der Waals surface area contributed by atoms with E-state index in [1.54, 1.807) is 19.9 Å². The Morgan fingerprint density at radius 3 is 2.59 bits per heavy atom. The number of carbonyl (C=O) groups excluding carboxylic acids is 2. The average Bonchev–Trinajstić information content (AvgIpc) is 2.81. The van der Waals surface area contributed by atoms with Crippen molar-refractivity contribution in [1.82, 2.24) is 4.90 Å². The molecular weight excluding hydrogens is 442 g/mol. The molecule has 0 unspecified atom stereocenters. The number of esters is 1. The van der Waals surface area contributed by atoms with Crippen LogP contribution in [0.2, 0.25) is 0 Å². The molecule has 0 amide bonds. The summed E-state index contributed by atoms with van der Waals surface area (Å²) in [5.74, 6) is -1.59. The highest BCUT2D eigenvalue weighted by atomic mass is 16.5. The minimum Gasteiger partial charge on any atom is -0.507 e. The number of carbonyl (C=O) groups is 2. The molecule has 1 aromatic rings. The average molecular weight is 476 g/mol. The van der Waals surface area contributed by atoms with Gasteiger partial charge in [-0.1, -0.05) is 25.2 Å². The Bertz CT molecular complexity index is 922. The number of fused-ring (bicyclic) bond motifs is 1. The summed E-state index contributed by atoms with van der Waals surface area (Å²) in [5, 5.41) is 30.9. The van der Waals surface area contributed by atoms with Gasteiger partial charge in [0.1, 0.15) is 35.9 Å². The van der Waals surface area contributed by atoms with E-state index in [4.69, 9.17) is 14.2 Å².